The molecule has 0 aliphatic carbocycles. The monoisotopic (exact) mass is 295 g/mol. The lowest BCUT2D eigenvalue weighted by molar-refractivity contribution is 0.241. The zero-order valence-corrected chi connectivity index (χ0v) is 14.6. The predicted molar refractivity (Wildman–Crippen MR) is 96.9 cm³/mol. The van der Waals surface area contributed by atoms with Crippen LogP contribution in [-0.4, -0.2) is 5.54 Å². The summed E-state index contributed by atoms with van der Waals surface area (Å²) in [6.07, 6.45) is 1.15. The smallest absolute Gasteiger partial charge is 0.0210 e. The summed E-state index contributed by atoms with van der Waals surface area (Å²) in [5.41, 5.74) is 4.37. The van der Waals surface area contributed by atoms with Gasteiger partial charge in [0.1, 0.15) is 0 Å². The molecule has 0 atom stereocenters. The van der Waals surface area contributed by atoms with E-state index in [1.807, 2.05) is 0 Å². The van der Waals surface area contributed by atoms with Crippen molar-refractivity contribution in [2.75, 3.05) is 0 Å². The van der Waals surface area contributed by atoms with Crippen LogP contribution in [0.3, 0.4) is 0 Å². The molecule has 2 rings (SSSR count). The molecule has 0 saturated carbocycles. The fourth-order valence-corrected chi connectivity index (χ4v) is 3.18. The van der Waals surface area contributed by atoms with Gasteiger partial charge in [-0.05, 0) is 42.4 Å². The predicted octanol–water partition coefficient (Wildman–Crippen LogP) is 5.66. The summed E-state index contributed by atoms with van der Waals surface area (Å²) < 4.78 is 0. The number of hydrogen-bond acceptors (Lipinski definition) is 1. The van der Waals surface area contributed by atoms with Crippen LogP contribution in [0.2, 0.25) is 0 Å². The number of hydrogen-bond donors (Lipinski definition) is 1. The molecule has 0 aliphatic rings. The fourth-order valence-electron chi connectivity index (χ4n) is 3.18. The van der Waals surface area contributed by atoms with Crippen LogP contribution in [0, 0.1) is 5.41 Å². The van der Waals surface area contributed by atoms with Gasteiger partial charge < -0.3 is 5.32 Å². The second-order valence-corrected chi connectivity index (χ2v) is 8.04. The zero-order valence-electron chi connectivity index (χ0n) is 14.6. The highest BCUT2D eigenvalue weighted by Crippen LogP contribution is 2.27. The number of nitrogens with one attached hydrogen (secondary N) is 1. The molecule has 2 aromatic carbocycles. The molecule has 118 valence electrons. The van der Waals surface area contributed by atoms with Crippen LogP contribution < -0.4 is 5.32 Å². The number of rotatable bonds is 5. The highest BCUT2D eigenvalue weighted by molar-refractivity contribution is 5.63. The molecular formula is C21H29N. The van der Waals surface area contributed by atoms with Crippen LogP contribution in [0.1, 0.15) is 46.6 Å². The Morgan fingerprint density at radius 2 is 1.27 bits per heavy atom. The van der Waals surface area contributed by atoms with Crippen molar-refractivity contribution in [3.8, 4) is 11.1 Å². The van der Waals surface area contributed by atoms with E-state index in [4.69, 9.17) is 0 Å². The summed E-state index contributed by atoms with van der Waals surface area (Å²) in [5.74, 6) is 0. The summed E-state index contributed by atoms with van der Waals surface area (Å²) in [4.78, 5) is 0. The molecule has 22 heavy (non-hydrogen) atoms. The Balaban J connectivity index is 1.97. The third-order valence-corrected chi connectivity index (χ3v) is 3.80. The molecule has 1 N–H and O–H groups in total. The van der Waals surface area contributed by atoms with Gasteiger partial charge in [0.15, 0.2) is 0 Å². The normalized spacial score (nSPS) is 12.4. The lowest BCUT2D eigenvalue weighted by atomic mass is 9.82. The van der Waals surface area contributed by atoms with E-state index in [0.29, 0.717) is 5.41 Å². The third-order valence-electron chi connectivity index (χ3n) is 3.80. The lowest BCUT2D eigenvalue weighted by Crippen LogP contribution is -2.41. The SMILES string of the molecule is CC(C)(C)CC(C)(C)NCc1ccc(-c2ccccc2)cc1. The molecule has 1 nitrogen and oxygen atoms in total. The first-order chi connectivity index (χ1) is 10.3. The third kappa shape index (κ3) is 5.31. The molecule has 0 heterocycles. The van der Waals surface area contributed by atoms with Crippen molar-refractivity contribution in [3.05, 3.63) is 60.2 Å². The van der Waals surface area contributed by atoms with E-state index < -0.39 is 0 Å². The molecule has 0 aromatic heterocycles. The molecular weight excluding hydrogens is 266 g/mol. The van der Waals surface area contributed by atoms with Crippen molar-refractivity contribution in [3.63, 3.8) is 0 Å². The quantitative estimate of drug-likeness (QED) is 0.750. The highest BCUT2D eigenvalue weighted by atomic mass is 14.9. The van der Waals surface area contributed by atoms with E-state index in [2.05, 4.69) is 94.5 Å². The van der Waals surface area contributed by atoms with E-state index in [1.165, 1.54) is 16.7 Å². The first kappa shape index (κ1) is 16.8. The van der Waals surface area contributed by atoms with Gasteiger partial charge >= 0.3 is 0 Å². The van der Waals surface area contributed by atoms with E-state index >= 15 is 0 Å². The first-order valence-electron chi connectivity index (χ1n) is 8.15. The van der Waals surface area contributed by atoms with Gasteiger partial charge in [-0.2, -0.15) is 0 Å². The van der Waals surface area contributed by atoms with E-state index in [0.717, 1.165) is 13.0 Å². The molecule has 2 aromatic rings. The summed E-state index contributed by atoms with van der Waals surface area (Å²) >= 11 is 0. The maximum atomic E-state index is 3.69. The molecule has 0 aliphatic heterocycles. The Hall–Kier alpha value is -1.60. The van der Waals surface area contributed by atoms with Crippen LogP contribution in [-0.2, 0) is 6.54 Å². The van der Waals surface area contributed by atoms with Gasteiger partial charge in [-0.25, -0.2) is 0 Å². The molecule has 0 fully saturated rings. The largest absolute Gasteiger partial charge is 0.308 e. The standard InChI is InChI=1S/C21H29N/c1-20(2,3)16-21(4,5)22-15-17-11-13-19(14-12-17)18-9-7-6-8-10-18/h6-14,22H,15-16H2,1-5H3. The van der Waals surface area contributed by atoms with Gasteiger partial charge in [0.05, 0.1) is 0 Å². The van der Waals surface area contributed by atoms with Crippen molar-refractivity contribution in [2.45, 2.75) is 53.1 Å². The van der Waals surface area contributed by atoms with E-state index in [-0.39, 0.29) is 5.54 Å². The minimum absolute atomic E-state index is 0.149. The average Bonchev–Trinajstić information content (AvgIpc) is 2.44. The van der Waals surface area contributed by atoms with Gasteiger partial charge in [-0.3, -0.25) is 0 Å². The van der Waals surface area contributed by atoms with Crippen LogP contribution in [0.15, 0.2) is 54.6 Å². The average molecular weight is 295 g/mol. The minimum Gasteiger partial charge on any atom is -0.308 e. The Bertz CT molecular complexity index is 574. The van der Waals surface area contributed by atoms with Crippen molar-refractivity contribution in [1.29, 1.82) is 0 Å². The Morgan fingerprint density at radius 3 is 1.82 bits per heavy atom. The summed E-state index contributed by atoms with van der Waals surface area (Å²) in [6, 6.07) is 19.4. The number of benzene rings is 2. The first-order valence-corrected chi connectivity index (χ1v) is 8.15. The van der Waals surface area contributed by atoms with Crippen molar-refractivity contribution < 1.29 is 0 Å². The fraction of sp³-hybridized carbons (Fsp3) is 0.429. The van der Waals surface area contributed by atoms with Crippen LogP contribution >= 0.6 is 0 Å². The summed E-state index contributed by atoms with van der Waals surface area (Å²) in [7, 11) is 0. The van der Waals surface area contributed by atoms with E-state index in [1.54, 1.807) is 0 Å². The Morgan fingerprint density at radius 1 is 0.727 bits per heavy atom. The van der Waals surface area contributed by atoms with Gasteiger partial charge in [0, 0.05) is 12.1 Å². The van der Waals surface area contributed by atoms with E-state index in [9.17, 15) is 0 Å². The topological polar surface area (TPSA) is 12.0 Å². The second kappa shape index (κ2) is 6.66. The lowest BCUT2D eigenvalue weighted by Gasteiger charge is -2.33. The summed E-state index contributed by atoms with van der Waals surface area (Å²) in [6.45, 7) is 12.4. The van der Waals surface area contributed by atoms with Crippen LogP contribution in [0.5, 0.6) is 0 Å². The summed E-state index contributed by atoms with van der Waals surface area (Å²) in [5, 5.41) is 3.69. The molecule has 0 amide bonds. The van der Waals surface area contributed by atoms with Gasteiger partial charge in [-0.1, -0.05) is 75.4 Å². The van der Waals surface area contributed by atoms with Crippen LogP contribution in [0.4, 0.5) is 0 Å². The maximum Gasteiger partial charge on any atom is 0.0210 e. The Labute approximate surface area is 135 Å². The minimum atomic E-state index is 0.149. The Kier molecular flexibility index (Phi) is 5.08. The van der Waals surface area contributed by atoms with Crippen LogP contribution in [0.25, 0.3) is 11.1 Å². The van der Waals surface area contributed by atoms with Gasteiger partial charge in [-0.15, -0.1) is 0 Å². The molecule has 0 saturated heterocycles. The molecule has 0 spiro atoms. The molecule has 0 unspecified atom stereocenters. The molecule has 0 radical (unpaired) electrons. The van der Waals surface area contributed by atoms with Crippen molar-refractivity contribution >= 4 is 0 Å². The van der Waals surface area contributed by atoms with Gasteiger partial charge in [0.25, 0.3) is 0 Å². The molecule has 1 heteroatoms. The van der Waals surface area contributed by atoms with Crippen molar-refractivity contribution in [1.82, 2.24) is 5.32 Å². The maximum absolute atomic E-state index is 3.69. The highest BCUT2D eigenvalue weighted by Gasteiger charge is 2.24. The van der Waals surface area contributed by atoms with Gasteiger partial charge in [0.2, 0.25) is 0 Å². The zero-order chi connectivity index (χ0) is 16.2. The molecule has 0 bridgehead atoms. The second-order valence-electron chi connectivity index (χ2n) is 8.04. The van der Waals surface area contributed by atoms with Crippen molar-refractivity contribution in [2.24, 2.45) is 5.41 Å².